The molecule has 1 aromatic carbocycles. The number of phenols is 2. The van der Waals surface area contributed by atoms with E-state index in [1.165, 1.54) is 148 Å². The summed E-state index contributed by atoms with van der Waals surface area (Å²) < 4.78 is 10.6. The van der Waals surface area contributed by atoms with Crippen molar-refractivity contribution in [1.82, 2.24) is 0 Å². The van der Waals surface area contributed by atoms with Crippen molar-refractivity contribution in [2.24, 2.45) is 35.5 Å². The first-order chi connectivity index (χ1) is 24.3. The van der Waals surface area contributed by atoms with E-state index in [0.29, 0.717) is 17.5 Å². The molecule has 2 N–H and O–H groups in total. The van der Waals surface area contributed by atoms with Crippen LogP contribution in [0.15, 0.2) is 11.6 Å². The van der Waals surface area contributed by atoms with Crippen molar-refractivity contribution in [3.05, 3.63) is 22.8 Å². The molecule has 0 saturated carbocycles. The lowest BCUT2D eigenvalue weighted by Crippen LogP contribution is -2.03. The molecular weight excluding hydrogens is 629 g/mol. The van der Waals surface area contributed by atoms with Crippen LogP contribution in [0.25, 0.3) is 0 Å². The lowest BCUT2D eigenvalue weighted by Gasteiger charge is -2.18. The van der Waals surface area contributed by atoms with E-state index in [4.69, 9.17) is 9.47 Å². The minimum absolute atomic E-state index is 0.0283. The topological polar surface area (TPSA) is 58.9 Å². The number of hydrogen-bond donors (Lipinski definition) is 2. The number of rotatable bonds is 31. The van der Waals surface area contributed by atoms with Gasteiger partial charge in [-0.05, 0) is 68.6 Å². The average molecular weight is 715 g/mol. The van der Waals surface area contributed by atoms with Gasteiger partial charge in [-0.2, -0.15) is 0 Å². The first kappa shape index (κ1) is 47.2. The minimum atomic E-state index is 0.0283. The van der Waals surface area contributed by atoms with E-state index in [9.17, 15) is 10.2 Å². The summed E-state index contributed by atoms with van der Waals surface area (Å²) in [6.45, 7) is 21.1. The molecule has 0 radical (unpaired) electrons. The first-order valence-corrected chi connectivity index (χ1v) is 21.6. The van der Waals surface area contributed by atoms with E-state index in [1.807, 2.05) is 0 Å². The van der Waals surface area contributed by atoms with E-state index >= 15 is 0 Å². The molecule has 0 fully saturated rings. The van der Waals surface area contributed by atoms with Crippen LogP contribution in [0.1, 0.15) is 201 Å². The van der Waals surface area contributed by atoms with Gasteiger partial charge in [0.15, 0.2) is 11.5 Å². The monoisotopic (exact) mass is 715 g/mol. The number of aromatic hydroxyl groups is 2. The summed E-state index contributed by atoms with van der Waals surface area (Å²) in [5.41, 5.74) is 2.64. The Balaban J connectivity index is 2.14. The third-order valence-electron chi connectivity index (χ3n) is 12.1. The molecule has 1 aromatic rings. The van der Waals surface area contributed by atoms with Crippen LogP contribution in [0.2, 0.25) is 0 Å². The van der Waals surface area contributed by atoms with Crippen LogP contribution in [0.5, 0.6) is 23.0 Å². The number of phenolic OH excluding ortho intramolecular Hbond substituents is 2. The zero-order valence-electron chi connectivity index (χ0n) is 35.8. The summed E-state index contributed by atoms with van der Waals surface area (Å²) in [7, 11) is 2.94. The highest BCUT2D eigenvalue weighted by Crippen LogP contribution is 2.48. The molecule has 298 valence electrons. The van der Waals surface area contributed by atoms with E-state index in [0.717, 1.165) is 41.9 Å². The van der Waals surface area contributed by atoms with Crippen molar-refractivity contribution < 1.29 is 19.7 Å². The van der Waals surface area contributed by atoms with Crippen molar-refractivity contribution in [3.8, 4) is 23.0 Å². The highest BCUT2D eigenvalue weighted by molar-refractivity contribution is 5.66. The molecule has 0 spiro atoms. The molecule has 6 atom stereocenters. The van der Waals surface area contributed by atoms with Crippen molar-refractivity contribution in [2.45, 2.75) is 204 Å². The van der Waals surface area contributed by atoms with Crippen LogP contribution in [-0.4, -0.2) is 24.4 Å². The lowest BCUT2D eigenvalue weighted by atomic mass is 9.89. The van der Waals surface area contributed by atoms with E-state index in [2.05, 4.69) is 61.5 Å². The van der Waals surface area contributed by atoms with Crippen LogP contribution < -0.4 is 9.47 Å². The molecule has 4 nitrogen and oxygen atoms in total. The molecule has 51 heavy (non-hydrogen) atoms. The molecule has 6 unspecified atom stereocenters. The quantitative estimate of drug-likeness (QED) is 0.0594. The SMILES string of the molecule is CCCCC(C)CCCC(C)CCCC(C)CCCC(C)CCCC(C)CCCC(C)CCC/C(C)=C\Cc1c(C)c(O)c(OC)c(OC)c1O. The van der Waals surface area contributed by atoms with E-state index in [1.54, 1.807) is 6.92 Å². The molecule has 0 aliphatic rings. The Bertz CT molecular complexity index is 1060. The molecular formula is C47H86O4. The second-order valence-electron chi connectivity index (χ2n) is 17.4. The van der Waals surface area contributed by atoms with E-state index in [-0.39, 0.29) is 23.0 Å². The third-order valence-corrected chi connectivity index (χ3v) is 12.1. The van der Waals surface area contributed by atoms with Gasteiger partial charge in [0.25, 0.3) is 0 Å². The maximum atomic E-state index is 10.7. The van der Waals surface area contributed by atoms with Gasteiger partial charge in [0.05, 0.1) is 14.2 Å². The standard InChI is InChI=1S/C47H86O4/c1-12-13-20-35(2)21-14-22-36(3)23-15-24-37(4)25-16-26-38(5)27-17-28-39(6)29-18-30-40(7)31-19-32-41(8)33-34-43-42(9)44(48)46(50-10)47(51-11)45(43)49/h33,35-40,48-49H,12-32,34H2,1-11H3/b41-33-. The fraction of sp³-hybridized carbons (Fsp3) is 0.830. The predicted molar refractivity (Wildman–Crippen MR) is 223 cm³/mol. The average Bonchev–Trinajstić information content (AvgIpc) is 3.08. The van der Waals surface area contributed by atoms with Gasteiger partial charge in [0.1, 0.15) is 0 Å². The maximum absolute atomic E-state index is 10.7. The smallest absolute Gasteiger partial charge is 0.207 e. The van der Waals surface area contributed by atoms with E-state index < -0.39 is 0 Å². The highest BCUT2D eigenvalue weighted by atomic mass is 16.5. The highest BCUT2D eigenvalue weighted by Gasteiger charge is 2.22. The van der Waals surface area contributed by atoms with Crippen LogP contribution in [0, 0.1) is 42.4 Å². The number of benzene rings is 1. The fourth-order valence-electron chi connectivity index (χ4n) is 8.07. The number of allylic oxidation sites excluding steroid dienone is 2. The van der Waals surface area contributed by atoms with Crippen LogP contribution in [0.4, 0.5) is 0 Å². The van der Waals surface area contributed by atoms with Crippen molar-refractivity contribution in [3.63, 3.8) is 0 Å². The molecule has 0 aliphatic carbocycles. The molecule has 1 rings (SSSR count). The fourth-order valence-corrected chi connectivity index (χ4v) is 8.07. The van der Waals surface area contributed by atoms with Gasteiger partial charge in [0, 0.05) is 11.1 Å². The minimum Gasteiger partial charge on any atom is -0.504 e. The summed E-state index contributed by atoms with van der Waals surface area (Å²) in [5, 5.41) is 21.3. The molecule has 0 aromatic heterocycles. The first-order valence-electron chi connectivity index (χ1n) is 21.6. The van der Waals surface area contributed by atoms with Gasteiger partial charge in [-0.3, -0.25) is 0 Å². The zero-order chi connectivity index (χ0) is 38.2. The number of methoxy groups -OCH3 is 2. The van der Waals surface area contributed by atoms with Gasteiger partial charge in [-0.25, -0.2) is 0 Å². The van der Waals surface area contributed by atoms with Crippen molar-refractivity contribution in [1.29, 1.82) is 0 Å². The third kappa shape index (κ3) is 20.3. The normalized spacial score (nSPS) is 15.7. The molecule has 0 aliphatic heterocycles. The Morgan fingerprint density at radius 2 is 0.843 bits per heavy atom. The van der Waals surface area contributed by atoms with Gasteiger partial charge >= 0.3 is 0 Å². The Morgan fingerprint density at radius 3 is 1.18 bits per heavy atom. The second-order valence-corrected chi connectivity index (χ2v) is 17.4. The van der Waals surface area contributed by atoms with Crippen molar-refractivity contribution >= 4 is 0 Å². The van der Waals surface area contributed by atoms with Gasteiger partial charge in [-0.1, -0.05) is 182 Å². The van der Waals surface area contributed by atoms with Gasteiger partial charge < -0.3 is 19.7 Å². The predicted octanol–water partition coefficient (Wildman–Crippen LogP) is 14.9. The summed E-state index contributed by atoms with van der Waals surface area (Å²) in [6.07, 6.45) is 31.5. The van der Waals surface area contributed by atoms with Crippen LogP contribution >= 0.6 is 0 Å². The van der Waals surface area contributed by atoms with Crippen LogP contribution in [-0.2, 0) is 6.42 Å². The number of unbranched alkanes of at least 4 members (excludes halogenated alkanes) is 1. The van der Waals surface area contributed by atoms with Gasteiger partial charge in [-0.15, -0.1) is 0 Å². The Hall–Kier alpha value is -1.84. The number of ether oxygens (including phenoxy) is 2. The number of hydrogen-bond acceptors (Lipinski definition) is 4. The largest absolute Gasteiger partial charge is 0.504 e. The molecule has 4 heteroatoms. The Kier molecular flexibility index (Phi) is 25.6. The van der Waals surface area contributed by atoms with Crippen LogP contribution in [0.3, 0.4) is 0 Å². The summed E-state index contributed by atoms with van der Waals surface area (Å²) in [4.78, 5) is 0. The summed E-state index contributed by atoms with van der Waals surface area (Å²) in [5.74, 6) is 5.66. The summed E-state index contributed by atoms with van der Waals surface area (Å²) >= 11 is 0. The zero-order valence-corrected chi connectivity index (χ0v) is 35.8. The Morgan fingerprint density at radius 1 is 0.529 bits per heavy atom. The molecule has 0 amide bonds. The molecule has 0 bridgehead atoms. The summed E-state index contributed by atoms with van der Waals surface area (Å²) in [6, 6.07) is 0. The molecule has 0 heterocycles. The second kappa shape index (κ2) is 27.7. The van der Waals surface area contributed by atoms with Gasteiger partial charge in [0.2, 0.25) is 11.5 Å². The Labute approximate surface area is 318 Å². The van der Waals surface area contributed by atoms with Crippen molar-refractivity contribution in [2.75, 3.05) is 14.2 Å². The maximum Gasteiger partial charge on any atom is 0.207 e. The lowest BCUT2D eigenvalue weighted by molar-refractivity contribution is 0.314. The molecule has 0 saturated heterocycles.